The predicted molar refractivity (Wildman–Crippen MR) is 67.9 cm³/mol. The molecule has 0 N–H and O–H groups in total. The lowest BCUT2D eigenvalue weighted by molar-refractivity contribution is 0.878. The Labute approximate surface area is 105 Å². The zero-order valence-electron chi connectivity index (χ0n) is 9.55. The Balaban J connectivity index is 2.11. The van der Waals surface area contributed by atoms with E-state index in [1.54, 1.807) is 24.8 Å². The summed E-state index contributed by atoms with van der Waals surface area (Å²) in [6, 6.07) is 3.96. The summed E-state index contributed by atoms with van der Waals surface area (Å²) in [7, 11) is 1.97. The van der Waals surface area contributed by atoms with E-state index >= 15 is 0 Å². The van der Waals surface area contributed by atoms with Gasteiger partial charge < -0.3 is 4.90 Å². The molecule has 2 aromatic heterocycles. The van der Waals surface area contributed by atoms with Gasteiger partial charge >= 0.3 is 0 Å². The SMILES string of the molecule is CN(Cc1ccncc1)c1cncc(CCl)n1. The summed E-state index contributed by atoms with van der Waals surface area (Å²) < 4.78 is 0. The highest BCUT2D eigenvalue weighted by atomic mass is 35.5. The first-order chi connectivity index (χ1) is 8.29. The lowest BCUT2D eigenvalue weighted by Crippen LogP contribution is -2.18. The third-order valence-corrected chi connectivity index (χ3v) is 2.64. The van der Waals surface area contributed by atoms with Gasteiger partial charge in [0.1, 0.15) is 5.82 Å². The summed E-state index contributed by atoms with van der Waals surface area (Å²) in [5.41, 5.74) is 1.96. The fourth-order valence-corrected chi connectivity index (χ4v) is 1.61. The van der Waals surface area contributed by atoms with Crippen molar-refractivity contribution in [1.29, 1.82) is 0 Å². The third-order valence-electron chi connectivity index (χ3n) is 2.37. The van der Waals surface area contributed by atoms with Crippen molar-refractivity contribution in [2.75, 3.05) is 11.9 Å². The monoisotopic (exact) mass is 248 g/mol. The third kappa shape index (κ3) is 3.14. The minimum absolute atomic E-state index is 0.379. The Bertz CT molecular complexity index is 475. The van der Waals surface area contributed by atoms with Gasteiger partial charge in [-0.3, -0.25) is 9.97 Å². The van der Waals surface area contributed by atoms with Crippen LogP contribution in [0.5, 0.6) is 0 Å². The van der Waals surface area contributed by atoms with Crippen LogP contribution >= 0.6 is 11.6 Å². The average molecular weight is 249 g/mol. The van der Waals surface area contributed by atoms with Crippen LogP contribution in [0.2, 0.25) is 0 Å². The lowest BCUT2D eigenvalue weighted by Gasteiger charge is -2.18. The van der Waals surface area contributed by atoms with Gasteiger partial charge in [-0.2, -0.15) is 0 Å². The quantitative estimate of drug-likeness (QED) is 0.779. The van der Waals surface area contributed by atoms with Gasteiger partial charge in [-0.25, -0.2) is 4.98 Å². The van der Waals surface area contributed by atoms with Crippen LogP contribution in [0.25, 0.3) is 0 Å². The van der Waals surface area contributed by atoms with Crippen molar-refractivity contribution in [2.45, 2.75) is 12.4 Å². The number of rotatable bonds is 4. The van der Waals surface area contributed by atoms with Gasteiger partial charge in [-0.1, -0.05) is 0 Å². The standard InChI is InChI=1S/C12H13ClN4/c1-17(9-10-2-4-14-5-3-10)12-8-15-7-11(6-13)16-12/h2-5,7-8H,6,9H2,1H3. The van der Waals surface area contributed by atoms with Gasteiger partial charge in [0, 0.05) is 32.2 Å². The molecule has 0 radical (unpaired) electrons. The molecular weight excluding hydrogens is 236 g/mol. The number of anilines is 1. The molecule has 0 unspecified atom stereocenters. The fraction of sp³-hybridized carbons (Fsp3) is 0.250. The van der Waals surface area contributed by atoms with Crippen LogP contribution in [-0.4, -0.2) is 22.0 Å². The largest absolute Gasteiger partial charge is 0.354 e. The van der Waals surface area contributed by atoms with Gasteiger partial charge in [-0.15, -0.1) is 11.6 Å². The number of hydrogen-bond acceptors (Lipinski definition) is 4. The van der Waals surface area contributed by atoms with Crippen molar-refractivity contribution >= 4 is 17.4 Å². The highest BCUT2D eigenvalue weighted by molar-refractivity contribution is 6.16. The molecule has 0 atom stereocenters. The number of halogens is 1. The van der Waals surface area contributed by atoms with Crippen LogP contribution in [0.1, 0.15) is 11.3 Å². The van der Waals surface area contributed by atoms with Crippen LogP contribution in [0.15, 0.2) is 36.9 Å². The van der Waals surface area contributed by atoms with Crippen molar-refractivity contribution in [3.05, 3.63) is 48.2 Å². The predicted octanol–water partition coefficient (Wildman–Crippen LogP) is 2.25. The van der Waals surface area contributed by atoms with Crippen molar-refractivity contribution in [3.63, 3.8) is 0 Å². The van der Waals surface area contributed by atoms with Crippen molar-refractivity contribution in [1.82, 2.24) is 15.0 Å². The Kier molecular flexibility index (Phi) is 3.88. The van der Waals surface area contributed by atoms with E-state index in [2.05, 4.69) is 15.0 Å². The van der Waals surface area contributed by atoms with Crippen molar-refractivity contribution in [2.24, 2.45) is 0 Å². The number of alkyl halides is 1. The molecule has 5 heteroatoms. The maximum Gasteiger partial charge on any atom is 0.147 e. The van der Waals surface area contributed by atoms with E-state index < -0.39 is 0 Å². The first-order valence-corrected chi connectivity index (χ1v) is 5.80. The second kappa shape index (κ2) is 5.59. The molecule has 17 heavy (non-hydrogen) atoms. The maximum absolute atomic E-state index is 5.73. The topological polar surface area (TPSA) is 41.9 Å². The fourth-order valence-electron chi connectivity index (χ4n) is 1.49. The first-order valence-electron chi connectivity index (χ1n) is 5.26. The van der Waals surface area contributed by atoms with Crippen molar-refractivity contribution in [3.8, 4) is 0 Å². The molecule has 0 amide bonds. The molecule has 0 aliphatic rings. The van der Waals surface area contributed by atoms with E-state index in [0.29, 0.717) is 5.88 Å². The van der Waals surface area contributed by atoms with Crippen LogP contribution in [-0.2, 0) is 12.4 Å². The van der Waals surface area contributed by atoms with E-state index in [4.69, 9.17) is 11.6 Å². The molecule has 0 saturated heterocycles. The Morgan fingerprint density at radius 1 is 1.18 bits per heavy atom. The highest BCUT2D eigenvalue weighted by Gasteiger charge is 2.04. The smallest absolute Gasteiger partial charge is 0.147 e. The number of pyridine rings is 1. The van der Waals surface area contributed by atoms with Gasteiger partial charge in [0.05, 0.1) is 17.8 Å². The summed E-state index contributed by atoms with van der Waals surface area (Å²) >= 11 is 5.73. The van der Waals surface area contributed by atoms with Gasteiger partial charge in [0.15, 0.2) is 0 Å². The maximum atomic E-state index is 5.73. The summed E-state index contributed by atoms with van der Waals surface area (Å²) in [5, 5.41) is 0. The van der Waals surface area contributed by atoms with Crippen LogP contribution in [0.3, 0.4) is 0 Å². The second-order valence-electron chi connectivity index (χ2n) is 3.71. The second-order valence-corrected chi connectivity index (χ2v) is 3.98. The van der Waals surface area contributed by atoms with E-state index in [-0.39, 0.29) is 0 Å². The number of nitrogens with zero attached hydrogens (tertiary/aromatic N) is 4. The highest BCUT2D eigenvalue weighted by Crippen LogP contribution is 2.12. The zero-order chi connectivity index (χ0) is 12.1. The molecule has 2 rings (SSSR count). The molecular formula is C12H13ClN4. The molecule has 0 fully saturated rings. The first kappa shape index (κ1) is 11.8. The van der Waals surface area contributed by atoms with E-state index in [0.717, 1.165) is 18.1 Å². The van der Waals surface area contributed by atoms with Crippen LogP contribution in [0, 0.1) is 0 Å². The minimum Gasteiger partial charge on any atom is -0.354 e. The molecule has 4 nitrogen and oxygen atoms in total. The molecule has 0 saturated carbocycles. The Hall–Kier alpha value is -1.68. The average Bonchev–Trinajstić information content (AvgIpc) is 2.40. The Morgan fingerprint density at radius 3 is 2.65 bits per heavy atom. The lowest BCUT2D eigenvalue weighted by atomic mass is 10.2. The summed E-state index contributed by atoms with van der Waals surface area (Å²) in [5.74, 6) is 1.20. The van der Waals surface area contributed by atoms with E-state index in [9.17, 15) is 0 Å². The number of hydrogen-bond donors (Lipinski definition) is 0. The normalized spacial score (nSPS) is 10.2. The molecule has 88 valence electrons. The van der Waals surface area contributed by atoms with Gasteiger partial charge in [-0.05, 0) is 17.7 Å². The van der Waals surface area contributed by atoms with E-state index in [1.807, 2.05) is 24.1 Å². The molecule has 0 bridgehead atoms. The summed E-state index contributed by atoms with van der Waals surface area (Å²) in [6.45, 7) is 0.767. The van der Waals surface area contributed by atoms with Crippen molar-refractivity contribution < 1.29 is 0 Å². The molecule has 0 aliphatic carbocycles. The molecule has 0 aliphatic heterocycles. The van der Waals surface area contributed by atoms with E-state index in [1.165, 1.54) is 5.56 Å². The summed E-state index contributed by atoms with van der Waals surface area (Å²) in [6.07, 6.45) is 6.97. The molecule has 0 aromatic carbocycles. The molecule has 2 aromatic rings. The molecule has 0 spiro atoms. The van der Waals surface area contributed by atoms with Crippen LogP contribution < -0.4 is 4.90 Å². The zero-order valence-corrected chi connectivity index (χ0v) is 10.3. The molecule has 2 heterocycles. The van der Waals surface area contributed by atoms with Crippen LogP contribution in [0.4, 0.5) is 5.82 Å². The van der Waals surface area contributed by atoms with Gasteiger partial charge in [0.2, 0.25) is 0 Å². The Morgan fingerprint density at radius 2 is 1.94 bits per heavy atom. The summed E-state index contributed by atoms with van der Waals surface area (Å²) in [4.78, 5) is 14.5. The minimum atomic E-state index is 0.379. The number of aromatic nitrogens is 3. The van der Waals surface area contributed by atoms with Gasteiger partial charge in [0.25, 0.3) is 0 Å².